The fourth-order valence-electron chi connectivity index (χ4n) is 2.16. The highest BCUT2D eigenvalue weighted by molar-refractivity contribution is 5.90. The number of carbonyl (C=O) groups is 1. The van der Waals surface area contributed by atoms with Crippen molar-refractivity contribution in [1.82, 2.24) is 0 Å². The molecule has 0 aromatic heterocycles. The van der Waals surface area contributed by atoms with E-state index in [-0.39, 0.29) is 5.91 Å². The number of ether oxygens (including phenoxy) is 2. The number of benzene rings is 2. The van der Waals surface area contributed by atoms with Crippen LogP contribution in [0.2, 0.25) is 0 Å². The zero-order valence-electron chi connectivity index (χ0n) is 13.7. The minimum Gasteiger partial charge on any atom is -0.494 e. The van der Waals surface area contributed by atoms with Gasteiger partial charge in [-0.3, -0.25) is 4.79 Å². The molecule has 122 valence electrons. The van der Waals surface area contributed by atoms with Crippen LogP contribution in [0.25, 0.3) is 0 Å². The number of nitrogens with one attached hydrogen (secondary N) is 1. The maximum absolute atomic E-state index is 11.9. The Kier molecular flexibility index (Phi) is 6.48. The summed E-state index contributed by atoms with van der Waals surface area (Å²) in [6.07, 6.45) is 1.11. The van der Waals surface area contributed by atoms with Gasteiger partial charge < -0.3 is 14.8 Å². The third kappa shape index (κ3) is 5.66. The second-order valence-electron chi connectivity index (χ2n) is 5.22. The molecule has 0 atom stereocenters. The molecule has 1 N–H and O–H groups in total. The fraction of sp³-hybridized carbons (Fsp3) is 0.316. The lowest BCUT2D eigenvalue weighted by molar-refractivity contribution is -0.116. The number of para-hydroxylation sites is 1. The van der Waals surface area contributed by atoms with Gasteiger partial charge in [0.2, 0.25) is 5.91 Å². The summed E-state index contributed by atoms with van der Waals surface area (Å²) in [6, 6.07) is 15.2. The van der Waals surface area contributed by atoms with Crippen LogP contribution in [0.4, 0.5) is 5.69 Å². The van der Waals surface area contributed by atoms with Crippen molar-refractivity contribution >= 4 is 11.6 Å². The van der Waals surface area contributed by atoms with Crippen LogP contribution in [0.1, 0.15) is 25.3 Å². The standard InChI is InChI=1S/C19H23NO3/c1-3-22-17-12-10-16(11-13-17)20-19(21)9-6-14-23-18-8-5-4-7-15(18)2/h4-5,7-8,10-13H,3,6,9,14H2,1-2H3,(H,20,21). The molecule has 2 rings (SSSR count). The number of hydrogen-bond acceptors (Lipinski definition) is 3. The van der Waals surface area contributed by atoms with Gasteiger partial charge in [-0.25, -0.2) is 0 Å². The molecule has 2 aromatic rings. The normalized spacial score (nSPS) is 10.2. The molecule has 4 nitrogen and oxygen atoms in total. The average Bonchev–Trinajstić information content (AvgIpc) is 2.55. The molecule has 1 amide bonds. The third-order valence-corrected chi connectivity index (χ3v) is 3.35. The van der Waals surface area contributed by atoms with E-state index in [1.807, 2.05) is 62.4 Å². The quantitative estimate of drug-likeness (QED) is 0.743. The Morgan fingerprint density at radius 1 is 1.04 bits per heavy atom. The smallest absolute Gasteiger partial charge is 0.224 e. The molecule has 2 aromatic carbocycles. The van der Waals surface area contributed by atoms with Crippen molar-refractivity contribution in [3.8, 4) is 11.5 Å². The van der Waals surface area contributed by atoms with Gasteiger partial charge in [0.05, 0.1) is 13.2 Å². The summed E-state index contributed by atoms with van der Waals surface area (Å²) in [7, 11) is 0. The Balaban J connectivity index is 1.70. The second-order valence-corrected chi connectivity index (χ2v) is 5.22. The Bertz CT molecular complexity index is 623. The Hall–Kier alpha value is -2.49. The molecule has 0 radical (unpaired) electrons. The van der Waals surface area contributed by atoms with Crippen molar-refractivity contribution in [2.75, 3.05) is 18.5 Å². The number of anilines is 1. The predicted octanol–water partition coefficient (Wildman–Crippen LogP) is 4.19. The molecule has 0 aliphatic rings. The minimum absolute atomic E-state index is 0.0115. The summed E-state index contributed by atoms with van der Waals surface area (Å²) in [5.74, 6) is 1.67. The minimum atomic E-state index is -0.0115. The van der Waals surface area contributed by atoms with Crippen LogP contribution in [0.3, 0.4) is 0 Å². The largest absolute Gasteiger partial charge is 0.494 e. The summed E-state index contributed by atoms with van der Waals surface area (Å²) < 4.78 is 11.1. The lowest BCUT2D eigenvalue weighted by atomic mass is 10.2. The van der Waals surface area contributed by atoms with Gasteiger partial charge in [-0.1, -0.05) is 18.2 Å². The molecule has 0 heterocycles. The monoisotopic (exact) mass is 313 g/mol. The summed E-state index contributed by atoms with van der Waals surface area (Å²) in [4.78, 5) is 11.9. The lowest BCUT2D eigenvalue weighted by Gasteiger charge is -2.09. The van der Waals surface area contributed by atoms with Gasteiger partial charge in [0.15, 0.2) is 0 Å². The van der Waals surface area contributed by atoms with Crippen molar-refractivity contribution in [1.29, 1.82) is 0 Å². The molecule has 0 spiro atoms. The van der Waals surface area contributed by atoms with Crippen molar-refractivity contribution in [2.24, 2.45) is 0 Å². The van der Waals surface area contributed by atoms with Crippen LogP contribution in [0.5, 0.6) is 11.5 Å². The van der Waals surface area contributed by atoms with Crippen LogP contribution in [0, 0.1) is 6.92 Å². The second kappa shape index (κ2) is 8.83. The Morgan fingerprint density at radius 2 is 1.78 bits per heavy atom. The number of aryl methyl sites for hydroxylation is 1. The van der Waals surface area contributed by atoms with Crippen LogP contribution in [-0.2, 0) is 4.79 Å². The van der Waals surface area contributed by atoms with Gasteiger partial charge in [0.1, 0.15) is 11.5 Å². The molecule has 0 bridgehead atoms. The highest BCUT2D eigenvalue weighted by atomic mass is 16.5. The lowest BCUT2D eigenvalue weighted by Crippen LogP contribution is -2.12. The van der Waals surface area contributed by atoms with Crippen molar-refractivity contribution in [3.63, 3.8) is 0 Å². The van der Waals surface area contributed by atoms with E-state index in [9.17, 15) is 4.79 Å². The number of amides is 1. The maximum atomic E-state index is 11.9. The van der Waals surface area contributed by atoms with E-state index in [0.29, 0.717) is 26.1 Å². The number of carbonyl (C=O) groups excluding carboxylic acids is 1. The highest BCUT2D eigenvalue weighted by Gasteiger charge is 2.04. The van der Waals surface area contributed by atoms with Gasteiger partial charge >= 0.3 is 0 Å². The van der Waals surface area contributed by atoms with E-state index in [1.54, 1.807) is 0 Å². The highest BCUT2D eigenvalue weighted by Crippen LogP contribution is 2.17. The van der Waals surface area contributed by atoms with Gasteiger partial charge in [-0.05, 0) is 56.2 Å². The number of rotatable bonds is 8. The van der Waals surface area contributed by atoms with E-state index in [4.69, 9.17) is 9.47 Å². The van der Waals surface area contributed by atoms with Crippen molar-refractivity contribution < 1.29 is 14.3 Å². The first-order valence-electron chi connectivity index (χ1n) is 7.90. The van der Waals surface area contributed by atoms with E-state index in [0.717, 1.165) is 22.7 Å². The molecule has 4 heteroatoms. The van der Waals surface area contributed by atoms with E-state index < -0.39 is 0 Å². The van der Waals surface area contributed by atoms with Crippen LogP contribution < -0.4 is 14.8 Å². The molecule has 0 fully saturated rings. The van der Waals surface area contributed by atoms with Crippen molar-refractivity contribution in [3.05, 3.63) is 54.1 Å². The molecule has 0 unspecified atom stereocenters. The van der Waals surface area contributed by atoms with E-state index in [2.05, 4.69) is 5.32 Å². The molecular formula is C19H23NO3. The van der Waals surface area contributed by atoms with Crippen LogP contribution in [0.15, 0.2) is 48.5 Å². The first kappa shape index (κ1) is 16.9. The molecule has 0 aliphatic carbocycles. The zero-order chi connectivity index (χ0) is 16.5. The predicted molar refractivity (Wildman–Crippen MR) is 92.1 cm³/mol. The average molecular weight is 313 g/mol. The fourth-order valence-corrected chi connectivity index (χ4v) is 2.16. The molecule has 0 saturated heterocycles. The van der Waals surface area contributed by atoms with Crippen LogP contribution >= 0.6 is 0 Å². The number of hydrogen-bond donors (Lipinski definition) is 1. The molecule has 0 aliphatic heterocycles. The topological polar surface area (TPSA) is 47.6 Å². The molecule has 23 heavy (non-hydrogen) atoms. The third-order valence-electron chi connectivity index (χ3n) is 3.35. The van der Waals surface area contributed by atoms with E-state index >= 15 is 0 Å². The van der Waals surface area contributed by atoms with Crippen LogP contribution in [-0.4, -0.2) is 19.1 Å². The van der Waals surface area contributed by atoms with Gasteiger partial charge in [0.25, 0.3) is 0 Å². The van der Waals surface area contributed by atoms with Crippen molar-refractivity contribution in [2.45, 2.75) is 26.7 Å². The van der Waals surface area contributed by atoms with Gasteiger partial charge in [0, 0.05) is 12.1 Å². The molecule has 0 saturated carbocycles. The zero-order valence-corrected chi connectivity index (χ0v) is 13.7. The summed E-state index contributed by atoms with van der Waals surface area (Å²) >= 11 is 0. The molecular weight excluding hydrogens is 290 g/mol. The summed E-state index contributed by atoms with van der Waals surface area (Å²) in [6.45, 7) is 5.11. The van der Waals surface area contributed by atoms with Gasteiger partial charge in [-0.15, -0.1) is 0 Å². The summed E-state index contributed by atoms with van der Waals surface area (Å²) in [5, 5.41) is 2.87. The maximum Gasteiger partial charge on any atom is 0.224 e. The van der Waals surface area contributed by atoms with E-state index in [1.165, 1.54) is 0 Å². The SMILES string of the molecule is CCOc1ccc(NC(=O)CCCOc2ccccc2C)cc1. The first-order valence-corrected chi connectivity index (χ1v) is 7.90. The van der Waals surface area contributed by atoms with Gasteiger partial charge in [-0.2, -0.15) is 0 Å². The Labute approximate surface area is 137 Å². The summed E-state index contributed by atoms with van der Waals surface area (Å²) in [5.41, 5.74) is 1.88. The first-order chi connectivity index (χ1) is 11.2. The Morgan fingerprint density at radius 3 is 2.48 bits per heavy atom.